The van der Waals surface area contributed by atoms with Gasteiger partial charge in [-0.2, -0.15) is 0 Å². The second kappa shape index (κ2) is 7.09. The molecule has 1 aromatic rings. The summed E-state index contributed by atoms with van der Waals surface area (Å²) >= 11 is 3.34. The van der Waals surface area contributed by atoms with Gasteiger partial charge in [0.05, 0.1) is 4.47 Å². The smallest absolute Gasteiger partial charge is 0.410 e. The van der Waals surface area contributed by atoms with E-state index in [1.165, 1.54) is 0 Å². The van der Waals surface area contributed by atoms with Gasteiger partial charge in [-0.25, -0.2) is 4.79 Å². The van der Waals surface area contributed by atoms with Crippen LogP contribution in [0.1, 0.15) is 33.3 Å². The lowest BCUT2D eigenvalue weighted by Gasteiger charge is -2.40. The van der Waals surface area contributed by atoms with Crippen LogP contribution in [-0.2, 0) is 11.3 Å². The molecule has 0 spiro atoms. The quantitative estimate of drug-likeness (QED) is 0.846. The summed E-state index contributed by atoms with van der Waals surface area (Å²) in [6.07, 6.45) is -0.239. The summed E-state index contributed by atoms with van der Waals surface area (Å²) in [6, 6.07) is 5.66. The van der Waals surface area contributed by atoms with E-state index in [-0.39, 0.29) is 17.9 Å². The molecule has 1 N–H and O–H groups in total. The number of aromatic hydroxyl groups is 1. The number of nitrogens with zero attached hydrogens (tertiary/aromatic N) is 2. The fourth-order valence-electron chi connectivity index (χ4n) is 2.68. The van der Waals surface area contributed by atoms with E-state index in [2.05, 4.69) is 20.8 Å². The third kappa shape index (κ3) is 5.11. The molecule has 0 radical (unpaired) electrons. The molecule has 0 aromatic heterocycles. The van der Waals surface area contributed by atoms with Gasteiger partial charge in [-0.05, 0) is 61.3 Å². The van der Waals surface area contributed by atoms with Crippen molar-refractivity contribution < 1.29 is 14.6 Å². The predicted octanol–water partition coefficient (Wildman–Crippen LogP) is 3.60. The van der Waals surface area contributed by atoms with Gasteiger partial charge in [0.2, 0.25) is 0 Å². The number of rotatable bonds is 2. The zero-order valence-corrected chi connectivity index (χ0v) is 15.8. The number of hydrogen-bond donors (Lipinski definition) is 1. The first-order chi connectivity index (χ1) is 10.7. The first-order valence-electron chi connectivity index (χ1n) is 7.85. The molecule has 1 heterocycles. The molecular formula is C17H25BrN2O3. The fourth-order valence-corrected chi connectivity index (χ4v) is 3.10. The molecule has 1 aliphatic heterocycles. The number of benzene rings is 1. The summed E-state index contributed by atoms with van der Waals surface area (Å²) < 4.78 is 6.17. The van der Waals surface area contributed by atoms with Crippen molar-refractivity contribution in [3.63, 3.8) is 0 Å². The van der Waals surface area contributed by atoms with Gasteiger partial charge in [0, 0.05) is 32.2 Å². The molecule has 0 bridgehead atoms. The minimum Gasteiger partial charge on any atom is -0.507 e. The van der Waals surface area contributed by atoms with Crippen LogP contribution in [-0.4, -0.2) is 52.3 Å². The molecule has 1 aromatic carbocycles. The molecule has 23 heavy (non-hydrogen) atoms. The maximum Gasteiger partial charge on any atom is 0.410 e. The second-order valence-electron chi connectivity index (χ2n) is 7.04. The SMILES string of the molecule is C[C@@H]1CN(Cc2ccc(O)c(Br)c2)CCN1C(=O)OC(C)(C)C. The molecular weight excluding hydrogens is 360 g/mol. The van der Waals surface area contributed by atoms with Crippen LogP contribution in [0.3, 0.4) is 0 Å². The van der Waals surface area contributed by atoms with Crippen molar-refractivity contribution >= 4 is 22.0 Å². The van der Waals surface area contributed by atoms with Gasteiger partial charge in [-0.15, -0.1) is 0 Å². The van der Waals surface area contributed by atoms with Crippen molar-refractivity contribution in [1.29, 1.82) is 0 Å². The second-order valence-corrected chi connectivity index (χ2v) is 7.90. The maximum atomic E-state index is 12.2. The average Bonchev–Trinajstić information content (AvgIpc) is 2.41. The van der Waals surface area contributed by atoms with Crippen molar-refractivity contribution in [2.75, 3.05) is 19.6 Å². The van der Waals surface area contributed by atoms with Gasteiger partial charge in [0.25, 0.3) is 0 Å². The summed E-state index contributed by atoms with van der Waals surface area (Å²) in [5.41, 5.74) is 0.666. The maximum absolute atomic E-state index is 12.2. The zero-order chi connectivity index (χ0) is 17.2. The van der Waals surface area contributed by atoms with Crippen molar-refractivity contribution in [3.05, 3.63) is 28.2 Å². The normalized spacial score (nSPS) is 19.7. The lowest BCUT2D eigenvalue weighted by molar-refractivity contribution is 0.000556. The summed E-state index contributed by atoms with van der Waals surface area (Å²) in [7, 11) is 0. The highest BCUT2D eigenvalue weighted by Gasteiger charge is 2.30. The largest absolute Gasteiger partial charge is 0.507 e. The van der Waals surface area contributed by atoms with E-state index in [1.54, 1.807) is 11.0 Å². The van der Waals surface area contributed by atoms with Gasteiger partial charge in [0.15, 0.2) is 0 Å². The van der Waals surface area contributed by atoms with E-state index in [9.17, 15) is 9.90 Å². The molecule has 5 nitrogen and oxygen atoms in total. The molecule has 1 aliphatic rings. The van der Waals surface area contributed by atoms with Gasteiger partial charge in [-0.1, -0.05) is 6.07 Å². The van der Waals surface area contributed by atoms with E-state index in [0.29, 0.717) is 11.0 Å². The van der Waals surface area contributed by atoms with E-state index < -0.39 is 5.60 Å². The molecule has 6 heteroatoms. The number of hydrogen-bond acceptors (Lipinski definition) is 4. The van der Waals surface area contributed by atoms with Crippen LogP contribution in [0.4, 0.5) is 4.79 Å². The van der Waals surface area contributed by atoms with E-state index in [0.717, 1.165) is 25.2 Å². The van der Waals surface area contributed by atoms with Gasteiger partial charge in [0.1, 0.15) is 11.4 Å². The Morgan fingerprint density at radius 1 is 1.39 bits per heavy atom. The third-order valence-electron chi connectivity index (χ3n) is 3.76. The van der Waals surface area contributed by atoms with E-state index in [4.69, 9.17) is 4.74 Å². The Bertz CT molecular complexity index is 571. The minimum atomic E-state index is -0.466. The van der Waals surface area contributed by atoms with Crippen molar-refractivity contribution in [1.82, 2.24) is 9.80 Å². The molecule has 2 rings (SSSR count). The molecule has 0 aliphatic carbocycles. The molecule has 1 saturated heterocycles. The molecule has 1 fully saturated rings. The summed E-state index contributed by atoms with van der Waals surface area (Å²) in [4.78, 5) is 16.3. The van der Waals surface area contributed by atoms with Crippen molar-refractivity contribution in [3.8, 4) is 5.75 Å². The highest BCUT2D eigenvalue weighted by atomic mass is 79.9. The monoisotopic (exact) mass is 384 g/mol. The van der Waals surface area contributed by atoms with Crippen molar-refractivity contribution in [2.24, 2.45) is 0 Å². The number of ether oxygens (including phenoxy) is 1. The van der Waals surface area contributed by atoms with Gasteiger partial charge >= 0.3 is 6.09 Å². The summed E-state index contributed by atoms with van der Waals surface area (Å²) in [5.74, 6) is 0.247. The number of amides is 1. The standard InChI is InChI=1S/C17H25BrN2O3/c1-12-10-19(11-13-5-6-15(21)14(18)9-13)7-8-20(12)16(22)23-17(2,3)4/h5-6,9,12,21H,7-8,10-11H2,1-4H3/t12-/m1/s1. The Balaban J connectivity index is 1.93. The lowest BCUT2D eigenvalue weighted by Crippen LogP contribution is -2.54. The molecule has 128 valence electrons. The Kier molecular flexibility index (Phi) is 5.57. The average molecular weight is 385 g/mol. The first-order valence-corrected chi connectivity index (χ1v) is 8.64. The Labute approximate surface area is 146 Å². The summed E-state index contributed by atoms with van der Waals surface area (Å²) in [6.45, 7) is 10.8. The van der Waals surface area contributed by atoms with Crippen LogP contribution < -0.4 is 0 Å². The number of phenols is 1. The van der Waals surface area contributed by atoms with Crippen LogP contribution in [0.5, 0.6) is 5.75 Å². The van der Waals surface area contributed by atoms with Crippen LogP contribution in [0, 0.1) is 0 Å². The highest BCUT2D eigenvalue weighted by molar-refractivity contribution is 9.10. The van der Waals surface area contributed by atoms with Crippen LogP contribution in [0.25, 0.3) is 0 Å². The van der Waals surface area contributed by atoms with Crippen LogP contribution in [0.2, 0.25) is 0 Å². The number of halogens is 1. The fraction of sp³-hybridized carbons (Fsp3) is 0.588. The minimum absolute atomic E-state index is 0.110. The molecule has 0 saturated carbocycles. The summed E-state index contributed by atoms with van der Waals surface area (Å²) in [5, 5.41) is 9.56. The topological polar surface area (TPSA) is 53.0 Å². The molecule has 0 unspecified atom stereocenters. The zero-order valence-electron chi connectivity index (χ0n) is 14.2. The third-order valence-corrected chi connectivity index (χ3v) is 4.39. The molecule has 1 amide bonds. The van der Waals surface area contributed by atoms with Crippen LogP contribution in [0.15, 0.2) is 22.7 Å². The van der Waals surface area contributed by atoms with Crippen molar-refractivity contribution in [2.45, 2.75) is 45.9 Å². The van der Waals surface area contributed by atoms with Crippen LogP contribution >= 0.6 is 15.9 Å². The Morgan fingerprint density at radius 3 is 2.65 bits per heavy atom. The first kappa shape index (κ1) is 18.1. The Hall–Kier alpha value is -1.27. The van der Waals surface area contributed by atoms with Gasteiger partial charge in [-0.3, -0.25) is 4.90 Å². The number of carbonyl (C=O) groups excluding carboxylic acids is 1. The lowest BCUT2D eigenvalue weighted by atomic mass is 10.1. The number of phenolic OH excluding ortho intramolecular Hbond substituents is 1. The van der Waals surface area contributed by atoms with E-state index >= 15 is 0 Å². The molecule has 1 atom stereocenters. The predicted molar refractivity (Wildman–Crippen MR) is 93.5 cm³/mol. The number of piperazine rings is 1. The Morgan fingerprint density at radius 2 is 2.09 bits per heavy atom. The van der Waals surface area contributed by atoms with E-state index in [1.807, 2.05) is 39.8 Å². The number of carbonyl (C=O) groups is 1. The highest BCUT2D eigenvalue weighted by Crippen LogP contribution is 2.25. The van der Waals surface area contributed by atoms with Gasteiger partial charge < -0.3 is 14.7 Å².